The molecule has 1 N–H and O–H groups in total. The average molecular weight is 235 g/mol. The van der Waals surface area contributed by atoms with Gasteiger partial charge in [-0.25, -0.2) is 4.98 Å². The van der Waals surface area contributed by atoms with Gasteiger partial charge in [-0.1, -0.05) is 32.8 Å². The molecule has 0 fully saturated rings. The summed E-state index contributed by atoms with van der Waals surface area (Å²) in [5, 5.41) is 3.40. The Morgan fingerprint density at radius 1 is 1.47 bits per heavy atom. The van der Waals surface area contributed by atoms with Gasteiger partial charge in [0, 0.05) is 19.3 Å². The van der Waals surface area contributed by atoms with E-state index in [1.807, 2.05) is 13.0 Å². The Hall–Kier alpha value is -1.25. The fourth-order valence-electron chi connectivity index (χ4n) is 1.84. The van der Waals surface area contributed by atoms with Gasteiger partial charge in [-0.3, -0.25) is 0 Å². The molecular formula is C14H25N3. The van der Waals surface area contributed by atoms with Crippen LogP contribution in [-0.2, 0) is 6.54 Å². The van der Waals surface area contributed by atoms with Gasteiger partial charge in [-0.2, -0.15) is 0 Å². The average Bonchev–Trinajstić information content (AvgIpc) is 2.59. The molecule has 0 aliphatic carbocycles. The first-order valence-corrected chi connectivity index (χ1v) is 6.52. The Kier molecular flexibility index (Phi) is 5.81. The Balaban J connectivity index is 2.32. The number of nitrogens with one attached hydrogen (secondary N) is 1. The molecule has 1 rings (SSSR count). The van der Waals surface area contributed by atoms with Crippen LogP contribution >= 0.6 is 0 Å². The minimum atomic E-state index is 0.806. The van der Waals surface area contributed by atoms with Gasteiger partial charge in [0.15, 0.2) is 0 Å². The van der Waals surface area contributed by atoms with E-state index in [0.717, 1.165) is 30.6 Å². The van der Waals surface area contributed by atoms with Crippen LogP contribution in [0.3, 0.4) is 0 Å². The predicted octanol–water partition coefficient (Wildman–Crippen LogP) is 3.62. The van der Waals surface area contributed by atoms with E-state index >= 15 is 0 Å². The van der Waals surface area contributed by atoms with Gasteiger partial charge in [-0.05, 0) is 19.3 Å². The highest BCUT2D eigenvalue weighted by molar-refractivity contribution is 5.28. The second-order valence-corrected chi connectivity index (χ2v) is 4.96. The van der Waals surface area contributed by atoms with Crippen LogP contribution in [0.15, 0.2) is 18.9 Å². The van der Waals surface area contributed by atoms with Gasteiger partial charge in [-0.15, -0.1) is 6.58 Å². The summed E-state index contributed by atoms with van der Waals surface area (Å²) in [6.45, 7) is 12.1. The fourth-order valence-corrected chi connectivity index (χ4v) is 1.84. The lowest BCUT2D eigenvalue weighted by Gasteiger charge is -2.08. The Morgan fingerprint density at radius 3 is 2.88 bits per heavy atom. The van der Waals surface area contributed by atoms with Crippen LogP contribution in [0.25, 0.3) is 0 Å². The molecule has 0 saturated heterocycles. The number of nitrogens with zero attached hydrogens (tertiary/aromatic N) is 2. The van der Waals surface area contributed by atoms with Gasteiger partial charge in [0.25, 0.3) is 0 Å². The van der Waals surface area contributed by atoms with Crippen LogP contribution in [0, 0.1) is 12.8 Å². The van der Waals surface area contributed by atoms with Crippen molar-refractivity contribution in [3.8, 4) is 0 Å². The normalized spacial score (nSPS) is 10.8. The van der Waals surface area contributed by atoms with Crippen LogP contribution in [0.2, 0.25) is 0 Å². The van der Waals surface area contributed by atoms with Crippen molar-refractivity contribution in [3.63, 3.8) is 0 Å². The summed E-state index contributed by atoms with van der Waals surface area (Å²) in [5.74, 6) is 1.77. The van der Waals surface area contributed by atoms with Crippen LogP contribution in [0.5, 0.6) is 0 Å². The van der Waals surface area contributed by atoms with Crippen molar-refractivity contribution in [3.05, 3.63) is 24.5 Å². The first-order chi connectivity index (χ1) is 8.13. The molecule has 0 unspecified atom stereocenters. The molecule has 0 spiro atoms. The number of imidazole rings is 1. The third-order valence-corrected chi connectivity index (χ3v) is 2.71. The van der Waals surface area contributed by atoms with E-state index in [0.29, 0.717) is 0 Å². The minimum absolute atomic E-state index is 0.806. The SMILES string of the molecule is C=CCn1cc(C)nc1NCCCCC(C)C. The second kappa shape index (κ2) is 7.15. The molecule has 3 heteroatoms. The molecule has 1 aromatic rings. The molecule has 1 aromatic heterocycles. The zero-order valence-corrected chi connectivity index (χ0v) is 11.4. The molecule has 17 heavy (non-hydrogen) atoms. The van der Waals surface area contributed by atoms with Crippen LogP contribution in [-0.4, -0.2) is 16.1 Å². The molecule has 0 radical (unpaired) electrons. The summed E-state index contributed by atoms with van der Waals surface area (Å²) in [7, 11) is 0. The Labute approximate surface area is 105 Å². The standard InChI is InChI=1S/C14H25N3/c1-5-10-17-11-13(4)16-14(17)15-9-7-6-8-12(2)3/h5,11-12H,1,6-10H2,2-4H3,(H,15,16). The summed E-state index contributed by atoms with van der Waals surface area (Å²) in [6.07, 6.45) is 7.75. The van der Waals surface area contributed by atoms with Gasteiger partial charge < -0.3 is 9.88 Å². The zero-order valence-electron chi connectivity index (χ0n) is 11.4. The molecular weight excluding hydrogens is 210 g/mol. The first-order valence-electron chi connectivity index (χ1n) is 6.52. The van der Waals surface area contributed by atoms with Crippen molar-refractivity contribution in [2.75, 3.05) is 11.9 Å². The summed E-state index contributed by atoms with van der Waals surface area (Å²) in [4.78, 5) is 4.47. The minimum Gasteiger partial charge on any atom is -0.356 e. The zero-order chi connectivity index (χ0) is 12.7. The molecule has 0 saturated carbocycles. The van der Waals surface area contributed by atoms with E-state index in [1.165, 1.54) is 19.3 Å². The van der Waals surface area contributed by atoms with Crippen molar-refractivity contribution in [1.29, 1.82) is 0 Å². The summed E-state index contributed by atoms with van der Waals surface area (Å²) in [5.41, 5.74) is 1.05. The second-order valence-electron chi connectivity index (χ2n) is 4.96. The van der Waals surface area contributed by atoms with Crippen LogP contribution in [0.4, 0.5) is 5.95 Å². The van der Waals surface area contributed by atoms with E-state index < -0.39 is 0 Å². The lowest BCUT2D eigenvalue weighted by atomic mass is 10.1. The topological polar surface area (TPSA) is 29.9 Å². The van der Waals surface area contributed by atoms with Crippen molar-refractivity contribution in [2.24, 2.45) is 5.92 Å². The number of rotatable bonds is 8. The van der Waals surface area contributed by atoms with Gasteiger partial charge >= 0.3 is 0 Å². The number of anilines is 1. The number of unbranched alkanes of at least 4 members (excludes halogenated alkanes) is 1. The monoisotopic (exact) mass is 235 g/mol. The molecule has 0 aliphatic heterocycles. The third-order valence-electron chi connectivity index (χ3n) is 2.71. The lowest BCUT2D eigenvalue weighted by molar-refractivity contribution is 0.544. The molecule has 0 amide bonds. The molecule has 0 atom stereocenters. The molecule has 0 aliphatic rings. The van der Waals surface area contributed by atoms with Crippen LogP contribution in [0.1, 0.15) is 38.8 Å². The number of allylic oxidation sites excluding steroid dienone is 1. The number of hydrogen-bond donors (Lipinski definition) is 1. The quantitative estimate of drug-likeness (QED) is 0.551. The van der Waals surface area contributed by atoms with Crippen LogP contribution < -0.4 is 5.32 Å². The van der Waals surface area contributed by atoms with E-state index in [-0.39, 0.29) is 0 Å². The Bertz CT molecular complexity index is 339. The maximum atomic E-state index is 4.47. The molecule has 96 valence electrons. The van der Waals surface area contributed by atoms with Crippen molar-refractivity contribution in [1.82, 2.24) is 9.55 Å². The molecule has 0 bridgehead atoms. The molecule has 0 aromatic carbocycles. The molecule has 3 nitrogen and oxygen atoms in total. The lowest BCUT2D eigenvalue weighted by Crippen LogP contribution is -2.08. The third kappa shape index (κ3) is 5.07. The highest BCUT2D eigenvalue weighted by Gasteiger charge is 2.03. The molecule has 1 heterocycles. The maximum Gasteiger partial charge on any atom is 0.203 e. The fraction of sp³-hybridized carbons (Fsp3) is 0.643. The van der Waals surface area contributed by atoms with Gasteiger partial charge in [0.05, 0.1) is 5.69 Å². The maximum absolute atomic E-state index is 4.47. The highest BCUT2D eigenvalue weighted by atomic mass is 15.2. The summed E-state index contributed by atoms with van der Waals surface area (Å²) in [6, 6.07) is 0. The van der Waals surface area contributed by atoms with Gasteiger partial charge in [0.1, 0.15) is 0 Å². The smallest absolute Gasteiger partial charge is 0.203 e. The van der Waals surface area contributed by atoms with E-state index in [4.69, 9.17) is 0 Å². The summed E-state index contributed by atoms with van der Waals surface area (Å²) >= 11 is 0. The highest BCUT2D eigenvalue weighted by Crippen LogP contribution is 2.10. The first kappa shape index (κ1) is 13.8. The van der Waals surface area contributed by atoms with Crippen molar-refractivity contribution in [2.45, 2.75) is 46.6 Å². The number of aryl methyl sites for hydroxylation is 1. The van der Waals surface area contributed by atoms with E-state index in [9.17, 15) is 0 Å². The summed E-state index contributed by atoms with van der Waals surface area (Å²) < 4.78 is 2.10. The number of hydrogen-bond acceptors (Lipinski definition) is 2. The Morgan fingerprint density at radius 2 is 2.24 bits per heavy atom. The van der Waals surface area contributed by atoms with E-state index in [2.05, 4.69) is 41.5 Å². The number of aromatic nitrogens is 2. The van der Waals surface area contributed by atoms with Crippen molar-refractivity contribution >= 4 is 5.95 Å². The van der Waals surface area contributed by atoms with E-state index in [1.54, 1.807) is 0 Å². The predicted molar refractivity (Wildman–Crippen MR) is 74.3 cm³/mol. The largest absolute Gasteiger partial charge is 0.356 e. The van der Waals surface area contributed by atoms with Gasteiger partial charge in [0.2, 0.25) is 5.95 Å². The van der Waals surface area contributed by atoms with Crippen molar-refractivity contribution < 1.29 is 0 Å².